The summed E-state index contributed by atoms with van der Waals surface area (Å²) in [5.41, 5.74) is 1.39. The zero-order valence-electron chi connectivity index (χ0n) is 8.91. The molecular formula is C12H18BrN. The van der Waals surface area contributed by atoms with Crippen molar-refractivity contribution in [1.82, 2.24) is 4.90 Å². The highest BCUT2D eigenvalue weighted by Gasteiger charge is 2.05. The van der Waals surface area contributed by atoms with Crippen molar-refractivity contribution in [3.05, 3.63) is 35.9 Å². The van der Waals surface area contributed by atoms with Gasteiger partial charge in [-0.25, -0.2) is 0 Å². The molecule has 1 nitrogen and oxygen atoms in total. The second-order valence-corrected chi connectivity index (χ2v) is 5.16. The SMILES string of the molecule is CCN(Cc1ccccc1)CC(C)Br. The molecule has 0 aromatic heterocycles. The molecule has 0 aliphatic rings. The summed E-state index contributed by atoms with van der Waals surface area (Å²) in [5, 5.41) is 0. The van der Waals surface area contributed by atoms with Gasteiger partial charge in [0.2, 0.25) is 0 Å². The van der Waals surface area contributed by atoms with Crippen molar-refractivity contribution in [2.45, 2.75) is 25.2 Å². The van der Waals surface area contributed by atoms with Crippen molar-refractivity contribution >= 4 is 15.9 Å². The van der Waals surface area contributed by atoms with Gasteiger partial charge in [-0.15, -0.1) is 0 Å². The standard InChI is InChI=1S/C12H18BrN/c1-3-14(9-11(2)13)10-12-7-5-4-6-8-12/h4-8,11H,3,9-10H2,1-2H3. The Morgan fingerprint density at radius 1 is 1.29 bits per heavy atom. The van der Waals surface area contributed by atoms with E-state index in [4.69, 9.17) is 0 Å². The topological polar surface area (TPSA) is 3.24 Å². The normalized spacial score (nSPS) is 13.1. The van der Waals surface area contributed by atoms with Gasteiger partial charge < -0.3 is 0 Å². The van der Waals surface area contributed by atoms with E-state index < -0.39 is 0 Å². The smallest absolute Gasteiger partial charge is 0.0245 e. The fraction of sp³-hybridized carbons (Fsp3) is 0.500. The quantitative estimate of drug-likeness (QED) is 0.731. The first-order chi connectivity index (χ1) is 6.72. The molecule has 0 aliphatic heterocycles. The molecule has 1 aromatic carbocycles. The predicted octanol–water partition coefficient (Wildman–Crippen LogP) is 3.29. The number of benzene rings is 1. The van der Waals surface area contributed by atoms with Crippen LogP contribution < -0.4 is 0 Å². The zero-order chi connectivity index (χ0) is 10.4. The third kappa shape index (κ3) is 4.25. The molecule has 2 heteroatoms. The van der Waals surface area contributed by atoms with Gasteiger partial charge in [0.15, 0.2) is 0 Å². The van der Waals surface area contributed by atoms with Crippen LogP contribution in [0.3, 0.4) is 0 Å². The summed E-state index contributed by atoms with van der Waals surface area (Å²) in [7, 11) is 0. The molecule has 14 heavy (non-hydrogen) atoms. The minimum absolute atomic E-state index is 0.561. The van der Waals surface area contributed by atoms with Crippen LogP contribution in [0.1, 0.15) is 19.4 Å². The number of alkyl halides is 1. The Kier molecular flexibility index (Phi) is 5.20. The molecule has 0 saturated carbocycles. The van der Waals surface area contributed by atoms with E-state index in [1.165, 1.54) is 5.56 Å². The summed E-state index contributed by atoms with van der Waals surface area (Å²) in [6, 6.07) is 10.6. The molecule has 0 spiro atoms. The summed E-state index contributed by atoms with van der Waals surface area (Å²) >= 11 is 3.59. The molecule has 0 aliphatic carbocycles. The van der Waals surface area contributed by atoms with Crippen LogP contribution in [-0.2, 0) is 6.54 Å². The van der Waals surface area contributed by atoms with Crippen LogP contribution in [0.25, 0.3) is 0 Å². The van der Waals surface area contributed by atoms with Gasteiger partial charge in [-0.05, 0) is 12.1 Å². The van der Waals surface area contributed by atoms with E-state index in [1.54, 1.807) is 0 Å². The zero-order valence-corrected chi connectivity index (χ0v) is 10.5. The molecule has 1 rings (SSSR count). The number of nitrogens with zero attached hydrogens (tertiary/aromatic N) is 1. The molecular weight excluding hydrogens is 238 g/mol. The number of halogens is 1. The lowest BCUT2D eigenvalue weighted by Crippen LogP contribution is -2.28. The summed E-state index contributed by atoms with van der Waals surface area (Å²) in [4.78, 5) is 3.00. The third-order valence-corrected chi connectivity index (χ3v) is 2.50. The molecule has 0 amide bonds. The van der Waals surface area contributed by atoms with E-state index >= 15 is 0 Å². The van der Waals surface area contributed by atoms with Gasteiger partial charge in [0.05, 0.1) is 0 Å². The Morgan fingerprint density at radius 2 is 1.93 bits per heavy atom. The molecule has 0 radical (unpaired) electrons. The van der Waals surface area contributed by atoms with Gasteiger partial charge in [-0.3, -0.25) is 4.90 Å². The van der Waals surface area contributed by atoms with Crippen LogP contribution in [-0.4, -0.2) is 22.8 Å². The lowest BCUT2D eigenvalue weighted by Gasteiger charge is -2.21. The van der Waals surface area contributed by atoms with Gasteiger partial charge in [0, 0.05) is 17.9 Å². The summed E-state index contributed by atoms with van der Waals surface area (Å²) in [5.74, 6) is 0. The van der Waals surface area contributed by atoms with Crippen molar-refractivity contribution in [3.63, 3.8) is 0 Å². The maximum Gasteiger partial charge on any atom is 0.0245 e. The van der Waals surface area contributed by atoms with Gasteiger partial charge >= 0.3 is 0 Å². The van der Waals surface area contributed by atoms with Crippen LogP contribution >= 0.6 is 15.9 Å². The average Bonchev–Trinajstić information content (AvgIpc) is 2.17. The molecule has 0 fully saturated rings. The molecule has 78 valence electrons. The highest BCUT2D eigenvalue weighted by Crippen LogP contribution is 2.07. The molecule has 1 atom stereocenters. The Balaban J connectivity index is 2.48. The molecule has 0 bridgehead atoms. The molecule has 0 saturated heterocycles. The van der Waals surface area contributed by atoms with E-state index in [1.807, 2.05) is 0 Å². The Labute approximate surface area is 95.2 Å². The lowest BCUT2D eigenvalue weighted by molar-refractivity contribution is 0.285. The van der Waals surface area contributed by atoms with Crippen LogP contribution in [0, 0.1) is 0 Å². The fourth-order valence-electron chi connectivity index (χ4n) is 1.50. The van der Waals surface area contributed by atoms with E-state index in [9.17, 15) is 0 Å². The second kappa shape index (κ2) is 6.20. The van der Waals surface area contributed by atoms with E-state index in [-0.39, 0.29) is 0 Å². The fourth-order valence-corrected chi connectivity index (χ4v) is 1.91. The van der Waals surface area contributed by atoms with Crippen LogP contribution in [0.2, 0.25) is 0 Å². The summed E-state index contributed by atoms with van der Waals surface area (Å²) < 4.78 is 0. The van der Waals surface area contributed by atoms with E-state index in [2.05, 4.69) is 65.0 Å². The summed E-state index contributed by atoms with van der Waals surface area (Å²) in [6.07, 6.45) is 0. The van der Waals surface area contributed by atoms with Crippen LogP contribution in [0.5, 0.6) is 0 Å². The largest absolute Gasteiger partial charge is 0.298 e. The molecule has 1 unspecified atom stereocenters. The first-order valence-electron chi connectivity index (χ1n) is 5.12. The van der Waals surface area contributed by atoms with Crippen molar-refractivity contribution in [3.8, 4) is 0 Å². The van der Waals surface area contributed by atoms with Crippen molar-refractivity contribution in [2.24, 2.45) is 0 Å². The Bertz CT molecular complexity index is 246. The third-order valence-electron chi connectivity index (χ3n) is 2.21. The maximum absolute atomic E-state index is 3.59. The average molecular weight is 256 g/mol. The highest BCUT2D eigenvalue weighted by atomic mass is 79.9. The molecule has 1 aromatic rings. The highest BCUT2D eigenvalue weighted by molar-refractivity contribution is 9.09. The van der Waals surface area contributed by atoms with Gasteiger partial charge in [0.25, 0.3) is 0 Å². The molecule has 0 heterocycles. The number of hydrogen-bond donors (Lipinski definition) is 0. The Hall–Kier alpha value is -0.340. The first-order valence-corrected chi connectivity index (χ1v) is 6.04. The van der Waals surface area contributed by atoms with Crippen LogP contribution in [0.15, 0.2) is 30.3 Å². The van der Waals surface area contributed by atoms with Gasteiger partial charge in [0.1, 0.15) is 0 Å². The maximum atomic E-state index is 3.59. The predicted molar refractivity (Wildman–Crippen MR) is 65.8 cm³/mol. The van der Waals surface area contributed by atoms with E-state index in [0.717, 1.165) is 19.6 Å². The van der Waals surface area contributed by atoms with E-state index in [0.29, 0.717) is 4.83 Å². The first kappa shape index (κ1) is 11.7. The minimum Gasteiger partial charge on any atom is -0.298 e. The Morgan fingerprint density at radius 3 is 2.43 bits per heavy atom. The van der Waals surface area contributed by atoms with Gasteiger partial charge in [-0.2, -0.15) is 0 Å². The minimum atomic E-state index is 0.561. The summed E-state index contributed by atoms with van der Waals surface area (Å²) in [6.45, 7) is 7.65. The van der Waals surface area contributed by atoms with Gasteiger partial charge in [-0.1, -0.05) is 60.1 Å². The van der Waals surface area contributed by atoms with Crippen molar-refractivity contribution < 1.29 is 0 Å². The lowest BCUT2D eigenvalue weighted by atomic mass is 10.2. The second-order valence-electron chi connectivity index (χ2n) is 3.59. The number of hydrogen-bond acceptors (Lipinski definition) is 1. The van der Waals surface area contributed by atoms with Crippen molar-refractivity contribution in [1.29, 1.82) is 0 Å². The molecule has 0 N–H and O–H groups in total. The van der Waals surface area contributed by atoms with Crippen LogP contribution in [0.4, 0.5) is 0 Å². The monoisotopic (exact) mass is 255 g/mol. The van der Waals surface area contributed by atoms with Crippen molar-refractivity contribution in [2.75, 3.05) is 13.1 Å². The number of rotatable bonds is 5.